The number of carbonyl (C=O) groups is 2. The molecule has 8 heteroatoms. The Labute approximate surface area is 196 Å². The Bertz CT molecular complexity index is 1120. The van der Waals surface area contributed by atoms with E-state index in [0.717, 1.165) is 16.8 Å². The lowest BCUT2D eigenvalue weighted by Gasteiger charge is -2.21. The van der Waals surface area contributed by atoms with E-state index in [1.807, 2.05) is 38.1 Å². The molecule has 0 unspecified atom stereocenters. The molecule has 7 nitrogen and oxygen atoms in total. The van der Waals surface area contributed by atoms with Crippen molar-refractivity contribution in [1.29, 1.82) is 0 Å². The van der Waals surface area contributed by atoms with Crippen LogP contribution >= 0.6 is 0 Å². The molecule has 0 saturated carbocycles. The van der Waals surface area contributed by atoms with E-state index in [1.165, 1.54) is 13.0 Å². The van der Waals surface area contributed by atoms with E-state index in [-0.39, 0.29) is 16.7 Å². The van der Waals surface area contributed by atoms with E-state index in [9.17, 15) is 18.0 Å². The highest BCUT2D eigenvalue weighted by Crippen LogP contribution is 2.30. The van der Waals surface area contributed by atoms with Gasteiger partial charge in [-0.1, -0.05) is 39.8 Å². The highest BCUT2D eigenvalue weighted by atomic mass is 32.2. The number of fused-ring (bicyclic) bond motifs is 1. The van der Waals surface area contributed by atoms with Gasteiger partial charge in [-0.2, -0.15) is 4.72 Å². The van der Waals surface area contributed by atoms with Crippen molar-refractivity contribution in [2.45, 2.75) is 64.3 Å². The molecule has 1 aliphatic heterocycles. The number of anilines is 2. The van der Waals surface area contributed by atoms with E-state index in [1.54, 1.807) is 17.0 Å². The number of amides is 2. The molecule has 2 amide bonds. The van der Waals surface area contributed by atoms with Crippen LogP contribution in [0.2, 0.25) is 0 Å². The maximum atomic E-state index is 13.1. The van der Waals surface area contributed by atoms with Crippen molar-refractivity contribution in [3.8, 4) is 0 Å². The topological polar surface area (TPSA) is 95.6 Å². The highest BCUT2D eigenvalue weighted by molar-refractivity contribution is 7.89. The van der Waals surface area contributed by atoms with Gasteiger partial charge in [-0.25, -0.2) is 8.42 Å². The van der Waals surface area contributed by atoms with Crippen LogP contribution in [0, 0.1) is 5.92 Å². The fourth-order valence-electron chi connectivity index (χ4n) is 3.99. The summed E-state index contributed by atoms with van der Waals surface area (Å²) < 4.78 is 28.9. The summed E-state index contributed by atoms with van der Waals surface area (Å²) in [5, 5.41) is 2.84. The quantitative estimate of drug-likeness (QED) is 0.607. The number of benzene rings is 2. The standard InChI is InChI=1S/C25H33N3O4S/c1-16(2)14-23(25(30)26-21-8-6-19(7-9-21)17(3)4)27-33(31,32)22-10-11-24-20(15-22)12-13-28(24)18(5)29/h6-11,15-17,23,27H,12-14H2,1-5H3,(H,26,30)/t23-/m0/s1. The molecule has 0 spiro atoms. The molecule has 0 saturated heterocycles. The van der Waals surface area contributed by atoms with Crippen molar-refractivity contribution in [3.05, 3.63) is 53.6 Å². The largest absolute Gasteiger partial charge is 0.325 e. The molecule has 0 bridgehead atoms. The Hall–Kier alpha value is -2.71. The predicted octanol–water partition coefficient (Wildman–Crippen LogP) is 4.05. The van der Waals surface area contributed by atoms with Crippen LogP contribution < -0.4 is 14.9 Å². The minimum Gasteiger partial charge on any atom is -0.325 e. The first-order chi connectivity index (χ1) is 15.5. The maximum absolute atomic E-state index is 13.1. The minimum atomic E-state index is -3.93. The van der Waals surface area contributed by atoms with Gasteiger partial charge in [-0.05, 0) is 66.1 Å². The van der Waals surface area contributed by atoms with Crippen LogP contribution in [0.1, 0.15) is 58.1 Å². The van der Waals surface area contributed by atoms with Gasteiger partial charge in [0.1, 0.15) is 6.04 Å². The van der Waals surface area contributed by atoms with E-state index in [0.29, 0.717) is 31.0 Å². The van der Waals surface area contributed by atoms with Crippen LogP contribution in [0.5, 0.6) is 0 Å². The zero-order valence-corrected chi connectivity index (χ0v) is 20.7. The van der Waals surface area contributed by atoms with Gasteiger partial charge < -0.3 is 10.2 Å². The van der Waals surface area contributed by atoms with Crippen LogP contribution in [0.3, 0.4) is 0 Å². The molecule has 0 aromatic heterocycles. The SMILES string of the molecule is CC(=O)N1CCc2cc(S(=O)(=O)N[C@@H](CC(C)C)C(=O)Nc3ccc(C(C)C)cc3)ccc21. The summed E-state index contributed by atoms with van der Waals surface area (Å²) in [6.45, 7) is 10.1. The third-order valence-electron chi connectivity index (χ3n) is 5.80. The lowest BCUT2D eigenvalue weighted by molar-refractivity contribution is -0.118. The Morgan fingerprint density at radius 3 is 2.27 bits per heavy atom. The average Bonchev–Trinajstić information content (AvgIpc) is 3.17. The number of carbonyl (C=O) groups excluding carboxylic acids is 2. The lowest BCUT2D eigenvalue weighted by Crippen LogP contribution is -2.44. The van der Waals surface area contributed by atoms with Gasteiger partial charge in [0.25, 0.3) is 0 Å². The molecule has 0 fully saturated rings. The van der Waals surface area contributed by atoms with Crippen LogP contribution in [-0.2, 0) is 26.0 Å². The van der Waals surface area contributed by atoms with Crippen LogP contribution in [0.15, 0.2) is 47.4 Å². The predicted molar refractivity (Wildman–Crippen MR) is 131 cm³/mol. The Morgan fingerprint density at radius 1 is 1.03 bits per heavy atom. The summed E-state index contributed by atoms with van der Waals surface area (Å²) in [6.07, 6.45) is 0.957. The zero-order chi connectivity index (χ0) is 24.3. The summed E-state index contributed by atoms with van der Waals surface area (Å²) in [7, 11) is -3.93. The number of hydrogen-bond donors (Lipinski definition) is 2. The number of nitrogens with zero attached hydrogens (tertiary/aromatic N) is 1. The van der Waals surface area contributed by atoms with Crippen LogP contribution in [0.4, 0.5) is 11.4 Å². The number of sulfonamides is 1. The molecule has 1 aliphatic rings. The molecule has 3 rings (SSSR count). The molecular formula is C25H33N3O4S. The van der Waals surface area contributed by atoms with Gasteiger partial charge in [0.05, 0.1) is 4.90 Å². The second-order valence-electron chi connectivity index (χ2n) is 9.28. The monoisotopic (exact) mass is 471 g/mol. The Morgan fingerprint density at radius 2 is 1.70 bits per heavy atom. The zero-order valence-electron chi connectivity index (χ0n) is 19.9. The van der Waals surface area contributed by atoms with Crippen molar-refractivity contribution in [3.63, 3.8) is 0 Å². The molecule has 2 aromatic rings. The first kappa shape index (κ1) is 24.9. The lowest BCUT2D eigenvalue weighted by atomic mass is 10.0. The van der Waals surface area contributed by atoms with E-state index < -0.39 is 22.0 Å². The van der Waals surface area contributed by atoms with E-state index >= 15 is 0 Å². The second kappa shape index (κ2) is 10.1. The Kier molecular flexibility index (Phi) is 7.59. The smallest absolute Gasteiger partial charge is 0.242 e. The van der Waals surface area contributed by atoms with Gasteiger partial charge in [0.15, 0.2) is 0 Å². The molecule has 2 N–H and O–H groups in total. The van der Waals surface area contributed by atoms with Gasteiger partial charge in [-0.3, -0.25) is 9.59 Å². The van der Waals surface area contributed by atoms with Crippen LogP contribution in [0.25, 0.3) is 0 Å². The van der Waals surface area contributed by atoms with Crippen molar-refractivity contribution < 1.29 is 18.0 Å². The molecule has 0 aliphatic carbocycles. The maximum Gasteiger partial charge on any atom is 0.242 e. The van der Waals surface area contributed by atoms with Crippen molar-refractivity contribution >= 4 is 33.2 Å². The summed E-state index contributed by atoms with van der Waals surface area (Å²) in [5.41, 5.74) is 3.33. The summed E-state index contributed by atoms with van der Waals surface area (Å²) in [5.74, 6) is 0.0204. The second-order valence-corrected chi connectivity index (χ2v) is 11.0. The molecule has 33 heavy (non-hydrogen) atoms. The molecule has 2 aromatic carbocycles. The fraction of sp³-hybridized carbons (Fsp3) is 0.440. The molecular weight excluding hydrogens is 438 g/mol. The van der Waals surface area contributed by atoms with Crippen LogP contribution in [-0.4, -0.2) is 32.8 Å². The molecule has 178 valence electrons. The fourth-order valence-corrected chi connectivity index (χ4v) is 5.25. The third-order valence-corrected chi connectivity index (χ3v) is 7.27. The summed E-state index contributed by atoms with van der Waals surface area (Å²) in [4.78, 5) is 26.5. The van der Waals surface area contributed by atoms with E-state index in [2.05, 4.69) is 23.9 Å². The Balaban J connectivity index is 1.79. The molecule has 1 heterocycles. The number of rotatable bonds is 8. The number of hydrogen-bond acceptors (Lipinski definition) is 4. The summed E-state index contributed by atoms with van der Waals surface area (Å²) in [6, 6.07) is 11.4. The number of nitrogens with one attached hydrogen (secondary N) is 2. The minimum absolute atomic E-state index is 0.0717. The first-order valence-electron chi connectivity index (χ1n) is 11.3. The van der Waals surface area contributed by atoms with Gasteiger partial charge in [-0.15, -0.1) is 0 Å². The van der Waals surface area contributed by atoms with Gasteiger partial charge in [0.2, 0.25) is 21.8 Å². The highest BCUT2D eigenvalue weighted by Gasteiger charge is 2.29. The normalized spacial score (nSPS) is 14.5. The van der Waals surface area contributed by atoms with Crippen molar-refractivity contribution in [2.75, 3.05) is 16.8 Å². The average molecular weight is 472 g/mol. The van der Waals surface area contributed by atoms with E-state index in [4.69, 9.17) is 0 Å². The van der Waals surface area contributed by atoms with Crippen molar-refractivity contribution in [2.24, 2.45) is 5.92 Å². The van der Waals surface area contributed by atoms with Crippen molar-refractivity contribution in [1.82, 2.24) is 4.72 Å². The van der Waals surface area contributed by atoms with Gasteiger partial charge in [0, 0.05) is 24.8 Å². The summed E-state index contributed by atoms with van der Waals surface area (Å²) >= 11 is 0. The third kappa shape index (κ3) is 6.00. The first-order valence-corrected chi connectivity index (χ1v) is 12.8. The molecule has 1 atom stereocenters. The van der Waals surface area contributed by atoms with Gasteiger partial charge >= 0.3 is 0 Å². The molecule has 0 radical (unpaired) electrons.